The van der Waals surface area contributed by atoms with Gasteiger partial charge in [-0.2, -0.15) is 0 Å². The van der Waals surface area contributed by atoms with E-state index in [1.165, 1.54) is 49.0 Å². The highest BCUT2D eigenvalue weighted by Crippen LogP contribution is 2.43. The molecule has 0 unspecified atom stereocenters. The Balaban J connectivity index is 1.11. The zero-order chi connectivity index (χ0) is 28.1. The van der Waals surface area contributed by atoms with E-state index in [-0.39, 0.29) is 11.3 Å². The molecule has 1 aliphatic heterocycles. The molecule has 0 bridgehead atoms. The van der Waals surface area contributed by atoms with Gasteiger partial charge in [0.1, 0.15) is 0 Å². The molecule has 0 aliphatic carbocycles. The first-order valence-corrected chi connectivity index (χ1v) is 14.9. The maximum atomic E-state index is 13.7. The van der Waals surface area contributed by atoms with Crippen molar-refractivity contribution in [1.82, 2.24) is 9.88 Å². The van der Waals surface area contributed by atoms with Gasteiger partial charge in [0.2, 0.25) is 5.91 Å². The number of rotatable bonds is 5. The summed E-state index contributed by atoms with van der Waals surface area (Å²) in [5.74, 6) is 0.728. The lowest BCUT2D eigenvalue weighted by Gasteiger charge is -2.42. The molecule has 1 amide bonds. The van der Waals surface area contributed by atoms with Crippen LogP contribution in [0.1, 0.15) is 43.4 Å². The van der Waals surface area contributed by atoms with Crippen molar-refractivity contribution in [3.63, 3.8) is 0 Å². The average Bonchev–Trinajstić information content (AvgIpc) is 3.01. The number of aryl methyl sites for hydroxylation is 1. The topological polar surface area (TPSA) is 33.2 Å². The standard InChI is InChI=1S/C38H36N2O/c1-25-8-6-11-32(35(25)33-12-4-5-21-39-33)38(2,3)30-19-22-40(23-20-30)34(41)24-29-16-15-28-14-13-26-9-7-10-27-17-18-31(29)37(28)36(26)27/h4-18,21,30H,19-20,22-24H2,1-3H3. The Morgan fingerprint density at radius 1 is 0.805 bits per heavy atom. The molecule has 204 valence electrons. The third-order valence-corrected chi connectivity index (χ3v) is 9.72. The minimum absolute atomic E-state index is 0.0277. The van der Waals surface area contributed by atoms with E-state index in [0.717, 1.165) is 37.2 Å². The first kappa shape index (κ1) is 25.7. The number of likely N-dealkylation sites (tertiary alicyclic amines) is 1. The molecule has 1 saturated heterocycles. The van der Waals surface area contributed by atoms with Gasteiger partial charge in [0.15, 0.2) is 0 Å². The van der Waals surface area contributed by atoms with Crippen LogP contribution in [0.5, 0.6) is 0 Å². The molecule has 0 saturated carbocycles. The van der Waals surface area contributed by atoms with Crippen molar-refractivity contribution in [1.29, 1.82) is 0 Å². The molecular weight excluding hydrogens is 500 g/mol. The van der Waals surface area contributed by atoms with Gasteiger partial charge in [-0.15, -0.1) is 0 Å². The largest absolute Gasteiger partial charge is 0.342 e. The summed E-state index contributed by atoms with van der Waals surface area (Å²) in [5.41, 5.74) is 6.01. The number of benzene rings is 5. The Hall–Kier alpha value is -4.24. The Bertz CT molecular complexity index is 1860. The van der Waals surface area contributed by atoms with Crippen molar-refractivity contribution in [3.8, 4) is 11.3 Å². The van der Waals surface area contributed by atoms with Gasteiger partial charge < -0.3 is 4.90 Å². The second-order valence-electron chi connectivity index (χ2n) is 12.3. The molecule has 1 aromatic heterocycles. The third-order valence-electron chi connectivity index (χ3n) is 9.72. The van der Waals surface area contributed by atoms with E-state index >= 15 is 0 Å². The highest BCUT2D eigenvalue weighted by Gasteiger charge is 2.37. The van der Waals surface area contributed by atoms with Crippen LogP contribution in [0.15, 0.2) is 97.2 Å². The van der Waals surface area contributed by atoms with E-state index in [0.29, 0.717) is 12.3 Å². The summed E-state index contributed by atoms with van der Waals surface area (Å²) in [6, 6.07) is 32.4. The third kappa shape index (κ3) is 4.35. The summed E-state index contributed by atoms with van der Waals surface area (Å²) in [4.78, 5) is 20.5. The minimum Gasteiger partial charge on any atom is -0.342 e. The minimum atomic E-state index is -0.0277. The molecule has 0 atom stereocenters. The summed E-state index contributed by atoms with van der Waals surface area (Å²) in [6.07, 6.45) is 4.34. The van der Waals surface area contributed by atoms with E-state index in [9.17, 15) is 4.79 Å². The molecule has 7 rings (SSSR count). The molecular formula is C38H36N2O. The Kier molecular flexibility index (Phi) is 6.27. The summed E-state index contributed by atoms with van der Waals surface area (Å²) < 4.78 is 0. The highest BCUT2D eigenvalue weighted by molar-refractivity contribution is 6.23. The van der Waals surface area contributed by atoms with Crippen LogP contribution in [-0.4, -0.2) is 28.9 Å². The van der Waals surface area contributed by atoms with Crippen molar-refractivity contribution >= 4 is 38.2 Å². The molecule has 41 heavy (non-hydrogen) atoms. The lowest BCUT2D eigenvalue weighted by molar-refractivity contribution is -0.132. The maximum absolute atomic E-state index is 13.7. The van der Waals surface area contributed by atoms with Crippen molar-refractivity contribution in [2.45, 2.75) is 45.4 Å². The van der Waals surface area contributed by atoms with Crippen LogP contribution in [0.25, 0.3) is 43.6 Å². The Morgan fingerprint density at radius 3 is 2.22 bits per heavy atom. The first-order chi connectivity index (χ1) is 19.9. The highest BCUT2D eigenvalue weighted by atomic mass is 16.2. The smallest absolute Gasteiger partial charge is 0.227 e. The predicted molar refractivity (Wildman–Crippen MR) is 171 cm³/mol. The molecule has 2 heterocycles. The number of hydrogen-bond acceptors (Lipinski definition) is 2. The van der Waals surface area contributed by atoms with E-state index in [4.69, 9.17) is 4.98 Å². The fourth-order valence-electron chi connectivity index (χ4n) is 7.35. The molecule has 1 fully saturated rings. The van der Waals surface area contributed by atoms with Gasteiger partial charge >= 0.3 is 0 Å². The van der Waals surface area contributed by atoms with E-state index in [1.807, 2.05) is 12.3 Å². The summed E-state index contributed by atoms with van der Waals surface area (Å²) in [5, 5.41) is 7.55. The van der Waals surface area contributed by atoms with Crippen molar-refractivity contribution < 1.29 is 4.79 Å². The second-order valence-corrected chi connectivity index (χ2v) is 12.3. The van der Waals surface area contributed by atoms with Gasteiger partial charge in [-0.25, -0.2) is 0 Å². The van der Waals surface area contributed by atoms with Crippen molar-refractivity contribution in [2.75, 3.05) is 13.1 Å². The van der Waals surface area contributed by atoms with Crippen LogP contribution in [0.3, 0.4) is 0 Å². The fraction of sp³-hybridized carbons (Fsp3) is 0.263. The van der Waals surface area contributed by atoms with E-state index in [2.05, 4.69) is 111 Å². The molecule has 1 aliphatic rings. The number of piperidine rings is 1. The van der Waals surface area contributed by atoms with Gasteiger partial charge in [0.25, 0.3) is 0 Å². The number of amides is 1. The zero-order valence-corrected chi connectivity index (χ0v) is 24.2. The van der Waals surface area contributed by atoms with Gasteiger partial charge in [-0.05, 0) is 92.2 Å². The van der Waals surface area contributed by atoms with E-state index in [1.54, 1.807) is 0 Å². The SMILES string of the molecule is Cc1cccc(C(C)(C)C2CCN(C(=O)Cc3ccc4ccc5cccc6ccc3c4c56)CC2)c1-c1ccccn1. The van der Waals surface area contributed by atoms with Gasteiger partial charge in [0, 0.05) is 24.8 Å². The lowest BCUT2D eigenvalue weighted by atomic mass is 9.67. The molecule has 3 nitrogen and oxygen atoms in total. The van der Waals surface area contributed by atoms with Crippen LogP contribution < -0.4 is 0 Å². The second kappa shape index (κ2) is 9.99. The van der Waals surface area contributed by atoms with Crippen LogP contribution in [0.2, 0.25) is 0 Å². The van der Waals surface area contributed by atoms with Gasteiger partial charge in [-0.3, -0.25) is 9.78 Å². The molecule has 0 spiro atoms. The molecule has 3 heteroatoms. The summed E-state index contributed by atoms with van der Waals surface area (Å²) >= 11 is 0. The predicted octanol–water partition coefficient (Wildman–Crippen LogP) is 8.71. The monoisotopic (exact) mass is 536 g/mol. The van der Waals surface area contributed by atoms with Crippen LogP contribution in [0, 0.1) is 12.8 Å². The maximum Gasteiger partial charge on any atom is 0.227 e. The van der Waals surface area contributed by atoms with Crippen LogP contribution >= 0.6 is 0 Å². The first-order valence-electron chi connectivity index (χ1n) is 14.9. The van der Waals surface area contributed by atoms with Crippen molar-refractivity contribution in [3.05, 3.63) is 114 Å². The summed E-state index contributed by atoms with van der Waals surface area (Å²) in [6.45, 7) is 8.55. The summed E-state index contributed by atoms with van der Waals surface area (Å²) in [7, 11) is 0. The lowest BCUT2D eigenvalue weighted by Crippen LogP contribution is -2.44. The Morgan fingerprint density at radius 2 is 1.49 bits per heavy atom. The van der Waals surface area contributed by atoms with Crippen LogP contribution in [0.4, 0.5) is 0 Å². The molecule has 6 aromatic rings. The number of aromatic nitrogens is 1. The fourth-order valence-corrected chi connectivity index (χ4v) is 7.35. The number of pyridine rings is 1. The van der Waals surface area contributed by atoms with Gasteiger partial charge in [-0.1, -0.05) is 92.7 Å². The molecule has 5 aromatic carbocycles. The number of carbonyl (C=O) groups excluding carboxylic acids is 1. The number of nitrogens with zero attached hydrogens (tertiary/aromatic N) is 2. The Labute approximate surface area is 242 Å². The van der Waals surface area contributed by atoms with Gasteiger partial charge in [0.05, 0.1) is 12.1 Å². The normalized spacial score (nSPS) is 14.9. The zero-order valence-electron chi connectivity index (χ0n) is 24.2. The quantitative estimate of drug-likeness (QED) is 0.206. The number of carbonyl (C=O) groups is 1. The average molecular weight is 537 g/mol. The molecule has 0 radical (unpaired) electrons. The number of hydrogen-bond donors (Lipinski definition) is 0. The van der Waals surface area contributed by atoms with Crippen LogP contribution in [-0.2, 0) is 16.6 Å². The van der Waals surface area contributed by atoms with Crippen molar-refractivity contribution in [2.24, 2.45) is 5.92 Å². The molecule has 0 N–H and O–H groups in total. The van der Waals surface area contributed by atoms with E-state index < -0.39 is 0 Å².